The Hall–Kier alpha value is -0.560. The van der Waals surface area contributed by atoms with Crippen LogP contribution in [0.5, 0.6) is 0 Å². The lowest BCUT2D eigenvalue weighted by atomic mass is 10.1. The normalized spacial score (nSPS) is 34.2. The van der Waals surface area contributed by atoms with Crippen molar-refractivity contribution in [2.75, 3.05) is 13.2 Å². The summed E-state index contributed by atoms with van der Waals surface area (Å²) in [6.07, 6.45) is 6.89. The molecule has 1 heterocycles. The molecule has 2 aliphatic rings. The van der Waals surface area contributed by atoms with E-state index in [-0.39, 0.29) is 6.10 Å². The summed E-state index contributed by atoms with van der Waals surface area (Å²) in [5.74, 6) is 0. The van der Waals surface area contributed by atoms with Gasteiger partial charge in [-0.25, -0.2) is 0 Å². The van der Waals surface area contributed by atoms with E-state index < -0.39 is 0 Å². The molecule has 1 saturated heterocycles. The molecule has 0 amide bonds. The number of rotatable bonds is 3. The predicted octanol–water partition coefficient (Wildman–Crippen LogP) is 1.28. The van der Waals surface area contributed by atoms with Gasteiger partial charge in [0.2, 0.25) is 0 Å². The van der Waals surface area contributed by atoms with E-state index in [1.807, 2.05) is 12.2 Å². The molecule has 0 aromatic rings. The van der Waals surface area contributed by atoms with Crippen LogP contribution in [0.4, 0.5) is 0 Å². The van der Waals surface area contributed by atoms with E-state index in [4.69, 9.17) is 9.47 Å². The Kier molecular flexibility index (Phi) is 2.08. The van der Waals surface area contributed by atoms with Gasteiger partial charge in [-0.2, -0.15) is 0 Å². The van der Waals surface area contributed by atoms with Gasteiger partial charge in [-0.3, -0.25) is 0 Å². The zero-order chi connectivity index (χ0) is 7.52. The smallest absolute Gasteiger partial charge is 0.104 e. The molecule has 0 bridgehead atoms. The summed E-state index contributed by atoms with van der Waals surface area (Å²) in [6.45, 7) is 1.63. The zero-order valence-corrected chi connectivity index (χ0v) is 6.45. The van der Waals surface area contributed by atoms with E-state index in [9.17, 15) is 0 Å². The highest BCUT2D eigenvalue weighted by Gasteiger charge is 2.23. The molecule has 1 aliphatic heterocycles. The molecule has 1 fully saturated rings. The molecule has 2 atom stereocenters. The van der Waals surface area contributed by atoms with Crippen molar-refractivity contribution in [3.63, 3.8) is 0 Å². The highest BCUT2D eigenvalue weighted by atomic mass is 16.6. The van der Waals surface area contributed by atoms with Gasteiger partial charge in [-0.15, -0.1) is 5.73 Å². The Morgan fingerprint density at radius 1 is 1.64 bits per heavy atom. The maximum atomic E-state index is 5.54. The third kappa shape index (κ3) is 2.19. The maximum Gasteiger partial charge on any atom is 0.104 e. The molecule has 2 unspecified atom stereocenters. The van der Waals surface area contributed by atoms with Crippen molar-refractivity contribution >= 4 is 0 Å². The second-order valence-electron chi connectivity index (χ2n) is 2.94. The summed E-state index contributed by atoms with van der Waals surface area (Å²) >= 11 is 0. The van der Waals surface area contributed by atoms with Gasteiger partial charge in [-0.05, 0) is 25.0 Å². The van der Waals surface area contributed by atoms with Crippen LogP contribution in [0.3, 0.4) is 0 Å². The number of epoxide rings is 1. The van der Waals surface area contributed by atoms with Gasteiger partial charge in [0.25, 0.3) is 0 Å². The van der Waals surface area contributed by atoms with Crippen molar-refractivity contribution in [1.82, 2.24) is 0 Å². The minimum atomic E-state index is 0.282. The summed E-state index contributed by atoms with van der Waals surface area (Å²) in [5, 5.41) is 0. The lowest BCUT2D eigenvalue weighted by Crippen LogP contribution is -2.14. The molecule has 0 saturated carbocycles. The predicted molar refractivity (Wildman–Crippen MR) is 41.4 cm³/mol. The van der Waals surface area contributed by atoms with Crippen LogP contribution in [0.2, 0.25) is 0 Å². The van der Waals surface area contributed by atoms with Crippen LogP contribution in [0.15, 0.2) is 17.9 Å². The molecule has 0 aromatic heterocycles. The first kappa shape index (κ1) is 7.11. The second kappa shape index (κ2) is 3.22. The molecule has 11 heavy (non-hydrogen) atoms. The van der Waals surface area contributed by atoms with Gasteiger partial charge in [0, 0.05) is 0 Å². The molecular formula is C9H12O2. The van der Waals surface area contributed by atoms with Gasteiger partial charge in [-0.1, -0.05) is 0 Å². The average Bonchev–Trinajstić information content (AvgIpc) is 2.86. The number of hydrogen-bond acceptors (Lipinski definition) is 2. The van der Waals surface area contributed by atoms with Crippen LogP contribution in [0.1, 0.15) is 12.8 Å². The largest absolute Gasteiger partial charge is 0.371 e. The highest BCUT2D eigenvalue weighted by Crippen LogP contribution is 2.13. The molecule has 0 spiro atoms. The summed E-state index contributed by atoms with van der Waals surface area (Å²) in [6, 6.07) is 0. The Balaban J connectivity index is 1.72. The van der Waals surface area contributed by atoms with Crippen molar-refractivity contribution in [3.8, 4) is 0 Å². The van der Waals surface area contributed by atoms with Gasteiger partial charge < -0.3 is 9.47 Å². The topological polar surface area (TPSA) is 21.8 Å². The second-order valence-corrected chi connectivity index (χ2v) is 2.94. The van der Waals surface area contributed by atoms with Crippen LogP contribution < -0.4 is 0 Å². The third-order valence-electron chi connectivity index (χ3n) is 1.89. The lowest BCUT2D eigenvalue weighted by Gasteiger charge is -2.12. The van der Waals surface area contributed by atoms with Gasteiger partial charge in [0.15, 0.2) is 0 Å². The minimum absolute atomic E-state index is 0.282. The van der Waals surface area contributed by atoms with Gasteiger partial charge in [0.1, 0.15) is 6.10 Å². The Morgan fingerprint density at radius 3 is 3.18 bits per heavy atom. The molecule has 2 nitrogen and oxygen atoms in total. The van der Waals surface area contributed by atoms with E-state index in [1.165, 1.54) is 0 Å². The summed E-state index contributed by atoms with van der Waals surface area (Å²) < 4.78 is 10.6. The Labute approximate surface area is 66.5 Å². The van der Waals surface area contributed by atoms with Gasteiger partial charge in [0.05, 0.1) is 19.3 Å². The van der Waals surface area contributed by atoms with E-state index in [2.05, 4.69) is 5.73 Å². The lowest BCUT2D eigenvalue weighted by molar-refractivity contribution is 0.0666. The van der Waals surface area contributed by atoms with Crippen LogP contribution in [0, 0.1) is 0 Å². The van der Waals surface area contributed by atoms with Crippen LogP contribution in [-0.4, -0.2) is 25.4 Å². The first-order chi connectivity index (χ1) is 5.45. The van der Waals surface area contributed by atoms with E-state index >= 15 is 0 Å². The molecule has 60 valence electrons. The van der Waals surface area contributed by atoms with Crippen molar-refractivity contribution < 1.29 is 9.47 Å². The maximum absolute atomic E-state index is 5.54. The van der Waals surface area contributed by atoms with Crippen LogP contribution in [0.25, 0.3) is 0 Å². The molecule has 0 N–H and O–H groups in total. The van der Waals surface area contributed by atoms with Crippen molar-refractivity contribution in [2.24, 2.45) is 0 Å². The van der Waals surface area contributed by atoms with Crippen molar-refractivity contribution in [3.05, 3.63) is 17.9 Å². The van der Waals surface area contributed by atoms with Crippen molar-refractivity contribution in [1.29, 1.82) is 0 Å². The van der Waals surface area contributed by atoms with Crippen molar-refractivity contribution in [2.45, 2.75) is 25.0 Å². The Bertz CT molecular complexity index is 188. The van der Waals surface area contributed by atoms with Crippen LogP contribution >= 0.6 is 0 Å². The quantitative estimate of drug-likeness (QED) is 0.449. The molecule has 2 rings (SSSR count). The van der Waals surface area contributed by atoms with Gasteiger partial charge >= 0.3 is 0 Å². The van der Waals surface area contributed by atoms with Crippen LogP contribution in [-0.2, 0) is 9.47 Å². The molecule has 0 aromatic carbocycles. The van der Waals surface area contributed by atoms with E-state index in [0.717, 1.165) is 26.1 Å². The third-order valence-corrected chi connectivity index (χ3v) is 1.89. The number of hydrogen-bond donors (Lipinski definition) is 0. The minimum Gasteiger partial charge on any atom is -0.371 e. The fourth-order valence-corrected chi connectivity index (χ4v) is 1.12. The molecule has 0 radical (unpaired) electrons. The fourth-order valence-electron chi connectivity index (χ4n) is 1.12. The first-order valence-corrected chi connectivity index (χ1v) is 4.09. The molecule has 1 aliphatic carbocycles. The number of ether oxygens (including phenoxy) is 2. The molecular weight excluding hydrogens is 140 g/mol. The molecule has 2 heteroatoms. The Morgan fingerprint density at radius 2 is 2.55 bits per heavy atom. The standard InChI is InChI=1S/C9H12O2/c1-2-4-8(5-3-1)10-6-9-7-11-9/h1,5,8-9H,2,4,6-7H2. The fraction of sp³-hybridized carbons (Fsp3) is 0.667. The summed E-state index contributed by atoms with van der Waals surface area (Å²) in [4.78, 5) is 0. The first-order valence-electron chi connectivity index (χ1n) is 4.09. The SMILES string of the molecule is C1=CCCC(OCC2CO2)C=1. The zero-order valence-electron chi connectivity index (χ0n) is 6.45. The van der Waals surface area contributed by atoms with E-state index in [0.29, 0.717) is 6.10 Å². The van der Waals surface area contributed by atoms with E-state index in [1.54, 1.807) is 0 Å². The monoisotopic (exact) mass is 152 g/mol. The summed E-state index contributed by atoms with van der Waals surface area (Å²) in [7, 11) is 0. The summed E-state index contributed by atoms with van der Waals surface area (Å²) in [5.41, 5.74) is 3.06. The average molecular weight is 152 g/mol. The highest BCUT2D eigenvalue weighted by molar-refractivity contribution is 4.97.